The standard InChI is InChI=1S/C19H23BrN2O2/c1-19(2,3)24-18(23)22-10-4-5-17(22)16-11-14(12-21-16)13-6-8-15(20)9-7-13/h6-9,12,17H,4-5,10-11H2,1-3H3. The fourth-order valence-corrected chi connectivity index (χ4v) is 3.41. The molecule has 1 unspecified atom stereocenters. The summed E-state index contributed by atoms with van der Waals surface area (Å²) in [4.78, 5) is 18.9. The number of ether oxygens (including phenoxy) is 1. The van der Waals surface area contributed by atoms with Crippen molar-refractivity contribution in [2.45, 2.75) is 51.7 Å². The van der Waals surface area contributed by atoms with Gasteiger partial charge in [-0.1, -0.05) is 28.1 Å². The molecule has 1 amide bonds. The highest BCUT2D eigenvalue weighted by atomic mass is 79.9. The monoisotopic (exact) mass is 390 g/mol. The van der Waals surface area contributed by atoms with Crippen molar-refractivity contribution in [1.29, 1.82) is 0 Å². The maximum Gasteiger partial charge on any atom is 0.410 e. The van der Waals surface area contributed by atoms with E-state index < -0.39 is 5.60 Å². The molecule has 0 N–H and O–H groups in total. The Balaban J connectivity index is 1.67. The predicted octanol–water partition coefficient (Wildman–Crippen LogP) is 5.03. The van der Waals surface area contributed by atoms with E-state index in [9.17, 15) is 4.79 Å². The molecule has 1 aromatic carbocycles. The lowest BCUT2D eigenvalue weighted by molar-refractivity contribution is 0.0265. The van der Waals surface area contributed by atoms with Gasteiger partial charge in [0.1, 0.15) is 5.60 Å². The molecule has 128 valence electrons. The Bertz CT molecular complexity index is 686. The van der Waals surface area contributed by atoms with Crippen LogP contribution in [0, 0.1) is 0 Å². The Kier molecular flexibility index (Phi) is 4.81. The summed E-state index contributed by atoms with van der Waals surface area (Å²) in [5, 5.41) is 0. The van der Waals surface area contributed by atoms with E-state index >= 15 is 0 Å². The molecule has 1 saturated heterocycles. The van der Waals surface area contributed by atoms with Gasteiger partial charge in [-0.15, -0.1) is 0 Å². The van der Waals surface area contributed by atoms with Crippen molar-refractivity contribution in [3.8, 4) is 0 Å². The second-order valence-corrected chi connectivity index (χ2v) is 8.21. The smallest absolute Gasteiger partial charge is 0.410 e. The first-order chi connectivity index (χ1) is 11.3. The van der Waals surface area contributed by atoms with E-state index in [4.69, 9.17) is 4.74 Å². The van der Waals surface area contributed by atoms with E-state index in [2.05, 4.69) is 33.1 Å². The summed E-state index contributed by atoms with van der Waals surface area (Å²) in [5.74, 6) is 0. The van der Waals surface area contributed by atoms with Gasteiger partial charge in [-0.3, -0.25) is 9.89 Å². The number of carbonyl (C=O) groups is 1. The van der Waals surface area contributed by atoms with Gasteiger partial charge in [-0.05, 0) is 56.9 Å². The normalized spacial score (nSPS) is 20.8. The van der Waals surface area contributed by atoms with E-state index in [1.54, 1.807) is 0 Å². The van der Waals surface area contributed by atoms with Gasteiger partial charge in [-0.2, -0.15) is 0 Å². The molecule has 1 atom stereocenters. The number of halogens is 1. The summed E-state index contributed by atoms with van der Waals surface area (Å²) in [5.41, 5.74) is 2.98. The highest BCUT2D eigenvalue weighted by Gasteiger charge is 2.36. The zero-order chi connectivity index (χ0) is 17.3. The second-order valence-electron chi connectivity index (χ2n) is 7.29. The van der Waals surface area contributed by atoms with Gasteiger partial charge < -0.3 is 4.74 Å². The van der Waals surface area contributed by atoms with Crippen LogP contribution in [0.3, 0.4) is 0 Å². The number of rotatable bonds is 2. The molecule has 1 fully saturated rings. The molecule has 0 saturated carbocycles. The maximum atomic E-state index is 12.4. The van der Waals surface area contributed by atoms with Gasteiger partial charge in [0.2, 0.25) is 0 Å². The van der Waals surface area contributed by atoms with Crippen LogP contribution in [-0.4, -0.2) is 34.9 Å². The summed E-state index contributed by atoms with van der Waals surface area (Å²) in [6.45, 7) is 6.44. The number of amides is 1. The molecule has 0 aromatic heterocycles. The van der Waals surface area contributed by atoms with Crippen molar-refractivity contribution >= 4 is 33.3 Å². The molecule has 3 rings (SSSR count). The number of nitrogens with zero attached hydrogens (tertiary/aromatic N) is 2. The van der Waals surface area contributed by atoms with Gasteiger partial charge in [-0.25, -0.2) is 4.79 Å². The molecule has 0 aliphatic carbocycles. The van der Waals surface area contributed by atoms with E-state index in [1.807, 2.05) is 44.0 Å². The number of allylic oxidation sites excluding steroid dienone is 1. The molecule has 1 aromatic rings. The fraction of sp³-hybridized carbons (Fsp3) is 0.474. The van der Waals surface area contributed by atoms with Crippen molar-refractivity contribution in [2.24, 2.45) is 4.99 Å². The molecule has 24 heavy (non-hydrogen) atoms. The Hall–Kier alpha value is -1.62. The lowest BCUT2D eigenvalue weighted by Crippen LogP contribution is -2.43. The van der Waals surface area contributed by atoms with Crippen molar-refractivity contribution < 1.29 is 9.53 Å². The van der Waals surface area contributed by atoms with Crippen molar-refractivity contribution in [3.05, 3.63) is 40.5 Å². The summed E-state index contributed by atoms with van der Waals surface area (Å²) in [7, 11) is 0. The fourth-order valence-electron chi connectivity index (χ4n) is 3.14. The van der Waals surface area contributed by atoms with Crippen LogP contribution in [0.4, 0.5) is 4.79 Å². The Labute approximate surface area is 151 Å². The molecule has 0 spiro atoms. The van der Waals surface area contributed by atoms with Crippen LogP contribution in [0.5, 0.6) is 0 Å². The topological polar surface area (TPSA) is 41.9 Å². The molecular weight excluding hydrogens is 368 g/mol. The van der Waals surface area contributed by atoms with Crippen LogP contribution in [0.15, 0.2) is 39.9 Å². The predicted molar refractivity (Wildman–Crippen MR) is 100 cm³/mol. The number of aliphatic imine (C=N–C) groups is 1. The minimum Gasteiger partial charge on any atom is -0.444 e. The summed E-state index contributed by atoms with van der Waals surface area (Å²) in [6.07, 6.45) is 4.45. The molecule has 0 bridgehead atoms. The lowest BCUT2D eigenvalue weighted by Gasteiger charge is -2.28. The van der Waals surface area contributed by atoms with E-state index in [0.29, 0.717) is 0 Å². The molecule has 5 heteroatoms. The van der Waals surface area contributed by atoms with Gasteiger partial charge >= 0.3 is 6.09 Å². The van der Waals surface area contributed by atoms with E-state index in [0.717, 1.165) is 36.0 Å². The zero-order valence-electron chi connectivity index (χ0n) is 14.4. The Morgan fingerprint density at radius 1 is 1.29 bits per heavy atom. The first kappa shape index (κ1) is 17.2. The van der Waals surface area contributed by atoms with Gasteiger partial charge in [0.05, 0.1) is 6.04 Å². The Morgan fingerprint density at radius 2 is 2.00 bits per heavy atom. The zero-order valence-corrected chi connectivity index (χ0v) is 16.0. The van der Waals surface area contributed by atoms with E-state index in [1.165, 1.54) is 11.1 Å². The van der Waals surface area contributed by atoms with Crippen LogP contribution in [0.2, 0.25) is 0 Å². The van der Waals surface area contributed by atoms with Gasteiger partial charge in [0.15, 0.2) is 0 Å². The third-order valence-electron chi connectivity index (χ3n) is 4.24. The van der Waals surface area contributed by atoms with Crippen LogP contribution >= 0.6 is 15.9 Å². The minimum atomic E-state index is -0.470. The quantitative estimate of drug-likeness (QED) is 0.709. The van der Waals surface area contributed by atoms with E-state index in [-0.39, 0.29) is 12.1 Å². The highest BCUT2D eigenvalue weighted by Crippen LogP contribution is 2.31. The molecule has 0 radical (unpaired) electrons. The van der Waals surface area contributed by atoms with Gasteiger partial charge in [0.25, 0.3) is 0 Å². The lowest BCUT2D eigenvalue weighted by atomic mass is 9.99. The first-order valence-corrected chi connectivity index (χ1v) is 9.14. The minimum absolute atomic E-state index is 0.0593. The molecule has 2 aliphatic heterocycles. The van der Waals surface area contributed by atoms with Crippen molar-refractivity contribution in [1.82, 2.24) is 4.90 Å². The first-order valence-electron chi connectivity index (χ1n) is 8.35. The maximum absolute atomic E-state index is 12.4. The third kappa shape index (κ3) is 3.89. The average molecular weight is 391 g/mol. The number of hydrogen-bond donors (Lipinski definition) is 0. The number of hydrogen-bond acceptors (Lipinski definition) is 3. The van der Waals surface area contributed by atoms with Crippen molar-refractivity contribution in [2.75, 3.05) is 6.54 Å². The summed E-state index contributed by atoms with van der Waals surface area (Å²) < 4.78 is 6.61. The SMILES string of the molecule is CC(C)(C)OC(=O)N1CCCC1C1=NC=C(c2ccc(Br)cc2)C1. The Morgan fingerprint density at radius 3 is 2.67 bits per heavy atom. The number of benzene rings is 1. The molecule has 2 aliphatic rings. The molecule has 2 heterocycles. The third-order valence-corrected chi connectivity index (χ3v) is 4.77. The van der Waals surface area contributed by atoms with Crippen LogP contribution in [-0.2, 0) is 4.74 Å². The summed E-state index contributed by atoms with van der Waals surface area (Å²) >= 11 is 3.46. The highest BCUT2D eigenvalue weighted by molar-refractivity contribution is 9.10. The van der Waals surface area contributed by atoms with Crippen LogP contribution in [0.1, 0.15) is 45.6 Å². The molecular formula is C19H23BrN2O2. The molecule has 4 nitrogen and oxygen atoms in total. The van der Waals surface area contributed by atoms with Crippen LogP contribution in [0.25, 0.3) is 5.57 Å². The van der Waals surface area contributed by atoms with Crippen LogP contribution < -0.4 is 0 Å². The number of likely N-dealkylation sites (tertiary alicyclic amines) is 1. The number of carbonyl (C=O) groups excluding carboxylic acids is 1. The summed E-state index contributed by atoms with van der Waals surface area (Å²) in [6, 6.07) is 8.32. The second kappa shape index (κ2) is 6.71. The largest absolute Gasteiger partial charge is 0.444 e. The van der Waals surface area contributed by atoms with Crippen molar-refractivity contribution in [3.63, 3.8) is 0 Å². The average Bonchev–Trinajstić information content (AvgIpc) is 3.15. The van der Waals surface area contributed by atoms with Gasteiger partial charge in [0, 0.05) is 29.3 Å².